The first kappa shape index (κ1) is 23.9. The zero-order valence-corrected chi connectivity index (χ0v) is 19.7. The Bertz CT molecular complexity index is 1050. The number of hydrogen-bond acceptors (Lipinski definition) is 4. The number of rotatable bonds is 7. The number of aryl methyl sites for hydroxylation is 3. The molecule has 32 heavy (non-hydrogen) atoms. The van der Waals surface area contributed by atoms with Gasteiger partial charge in [-0.3, -0.25) is 9.59 Å². The smallest absolute Gasteiger partial charge is 0.251 e. The van der Waals surface area contributed by atoms with E-state index in [0.717, 1.165) is 16.7 Å². The second kappa shape index (κ2) is 10.3. The van der Waals surface area contributed by atoms with Crippen molar-refractivity contribution < 1.29 is 18.0 Å². The van der Waals surface area contributed by atoms with Gasteiger partial charge in [0, 0.05) is 37.7 Å². The van der Waals surface area contributed by atoms with Crippen molar-refractivity contribution in [1.82, 2.24) is 14.9 Å². The van der Waals surface area contributed by atoms with Gasteiger partial charge in [0.25, 0.3) is 5.91 Å². The van der Waals surface area contributed by atoms with Crippen LogP contribution in [0.4, 0.5) is 0 Å². The van der Waals surface area contributed by atoms with Crippen molar-refractivity contribution in [2.24, 2.45) is 5.92 Å². The zero-order chi connectivity index (χ0) is 23.3. The van der Waals surface area contributed by atoms with Crippen LogP contribution in [0.15, 0.2) is 47.4 Å². The lowest BCUT2D eigenvalue weighted by molar-refractivity contribution is -0.126. The molecule has 172 valence electrons. The molecule has 0 unspecified atom stereocenters. The molecule has 2 aromatic carbocycles. The van der Waals surface area contributed by atoms with Crippen LogP contribution in [-0.2, 0) is 14.8 Å². The number of benzene rings is 2. The fourth-order valence-electron chi connectivity index (χ4n) is 4.26. The summed E-state index contributed by atoms with van der Waals surface area (Å²) in [6, 6.07) is 12.7. The maximum absolute atomic E-state index is 13.2. The number of sulfonamides is 1. The SMILES string of the molecule is Cc1cc(C)c(S(=O)(=O)N2CCC(C(=O)NCCNC(=O)c3ccccc3)CC2)c(C)c1. The number of hydrogen-bond donors (Lipinski definition) is 2. The van der Waals surface area contributed by atoms with Crippen LogP contribution in [0.5, 0.6) is 0 Å². The quantitative estimate of drug-likeness (QED) is 0.625. The Labute approximate surface area is 190 Å². The maximum Gasteiger partial charge on any atom is 0.251 e. The van der Waals surface area contributed by atoms with Crippen LogP contribution in [-0.4, -0.2) is 50.7 Å². The molecule has 0 bridgehead atoms. The van der Waals surface area contributed by atoms with Gasteiger partial charge in [-0.1, -0.05) is 35.9 Å². The van der Waals surface area contributed by atoms with Gasteiger partial charge in [-0.25, -0.2) is 8.42 Å². The molecular weight excluding hydrogens is 426 g/mol. The van der Waals surface area contributed by atoms with Crippen LogP contribution < -0.4 is 10.6 Å². The summed E-state index contributed by atoms with van der Waals surface area (Å²) < 4.78 is 27.9. The summed E-state index contributed by atoms with van der Waals surface area (Å²) in [6.45, 7) is 6.90. The Morgan fingerprint density at radius 1 is 0.938 bits per heavy atom. The van der Waals surface area contributed by atoms with E-state index < -0.39 is 10.0 Å². The van der Waals surface area contributed by atoms with Crippen LogP contribution in [0.3, 0.4) is 0 Å². The predicted molar refractivity (Wildman–Crippen MR) is 124 cm³/mol. The monoisotopic (exact) mass is 457 g/mol. The van der Waals surface area contributed by atoms with Gasteiger partial charge in [0.15, 0.2) is 0 Å². The summed E-state index contributed by atoms with van der Waals surface area (Å²) >= 11 is 0. The van der Waals surface area contributed by atoms with E-state index in [1.54, 1.807) is 24.3 Å². The van der Waals surface area contributed by atoms with Crippen LogP contribution in [0, 0.1) is 26.7 Å². The molecule has 0 saturated carbocycles. The lowest BCUT2D eigenvalue weighted by atomic mass is 9.97. The topological polar surface area (TPSA) is 95.6 Å². The number of carbonyl (C=O) groups is 2. The average Bonchev–Trinajstić information content (AvgIpc) is 2.76. The minimum atomic E-state index is -3.59. The molecule has 0 atom stereocenters. The first-order valence-corrected chi connectivity index (χ1v) is 12.3. The van der Waals surface area contributed by atoms with Gasteiger partial charge in [-0.2, -0.15) is 4.31 Å². The Kier molecular flexibility index (Phi) is 7.69. The molecule has 2 aromatic rings. The van der Waals surface area contributed by atoms with E-state index in [1.807, 2.05) is 39.0 Å². The van der Waals surface area contributed by atoms with Crippen LogP contribution >= 0.6 is 0 Å². The third-order valence-corrected chi connectivity index (χ3v) is 7.98. The van der Waals surface area contributed by atoms with Crippen molar-refractivity contribution >= 4 is 21.8 Å². The molecule has 2 amide bonds. The minimum absolute atomic E-state index is 0.0984. The summed E-state index contributed by atoms with van der Waals surface area (Å²) in [5.74, 6) is -0.509. The number of nitrogens with zero attached hydrogens (tertiary/aromatic N) is 1. The molecule has 8 heteroatoms. The zero-order valence-electron chi connectivity index (χ0n) is 18.8. The summed E-state index contributed by atoms with van der Waals surface area (Å²) in [7, 11) is -3.59. The molecule has 2 N–H and O–H groups in total. The Hall–Kier alpha value is -2.71. The second-order valence-corrected chi connectivity index (χ2v) is 10.2. The molecule has 1 aliphatic heterocycles. The summed E-state index contributed by atoms with van der Waals surface area (Å²) in [5, 5.41) is 5.62. The van der Waals surface area contributed by atoms with Crippen LogP contribution in [0.1, 0.15) is 39.9 Å². The standard InChI is InChI=1S/C24H31N3O4S/c1-17-15-18(2)22(19(3)16-17)32(30,31)27-13-9-21(10-14-27)24(29)26-12-11-25-23(28)20-7-5-4-6-8-20/h4-8,15-16,21H,9-14H2,1-3H3,(H,25,28)(H,26,29). The van der Waals surface area contributed by atoms with Crippen LogP contribution in [0.25, 0.3) is 0 Å². The molecule has 3 rings (SSSR count). The lowest BCUT2D eigenvalue weighted by Crippen LogP contribution is -2.44. The van der Waals surface area contributed by atoms with Gasteiger partial charge in [-0.15, -0.1) is 0 Å². The van der Waals surface area contributed by atoms with Crippen LogP contribution in [0.2, 0.25) is 0 Å². The Balaban J connectivity index is 1.48. The molecule has 7 nitrogen and oxygen atoms in total. The summed E-state index contributed by atoms with van der Waals surface area (Å²) in [6.07, 6.45) is 0.955. The largest absolute Gasteiger partial charge is 0.354 e. The van der Waals surface area contributed by atoms with Gasteiger partial charge in [0.2, 0.25) is 15.9 Å². The molecule has 0 aliphatic carbocycles. The Morgan fingerprint density at radius 2 is 1.50 bits per heavy atom. The lowest BCUT2D eigenvalue weighted by Gasteiger charge is -2.31. The first-order chi connectivity index (χ1) is 15.2. The van der Waals surface area contributed by atoms with E-state index in [-0.39, 0.29) is 17.7 Å². The molecule has 1 aliphatic rings. The van der Waals surface area contributed by atoms with Crippen molar-refractivity contribution in [2.75, 3.05) is 26.2 Å². The minimum Gasteiger partial charge on any atom is -0.354 e. The molecule has 1 saturated heterocycles. The number of piperidine rings is 1. The van der Waals surface area contributed by atoms with Crippen molar-refractivity contribution in [3.8, 4) is 0 Å². The van der Waals surface area contributed by atoms with E-state index >= 15 is 0 Å². The van der Waals surface area contributed by atoms with E-state index in [1.165, 1.54) is 4.31 Å². The average molecular weight is 458 g/mol. The Morgan fingerprint density at radius 3 is 2.09 bits per heavy atom. The molecular formula is C24H31N3O4S. The van der Waals surface area contributed by atoms with Gasteiger partial charge < -0.3 is 10.6 Å². The van der Waals surface area contributed by atoms with Crippen molar-refractivity contribution in [3.63, 3.8) is 0 Å². The van der Waals surface area contributed by atoms with E-state index in [2.05, 4.69) is 10.6 Å². The van der Waals surface area contributed by atoms with Gasteiger partial charge in [0.1, 0.15) is 0 Å². The fourth-order valence-corrected chi connectivity index (χ4v) is 6.14. The molecule has 0 aromatic heterocycles. The van der Waals surface area contributed by atoms with Gasteiger partial charge in [0.05, 0.1) is 4.90 Å². The number of carbonyl (C=O) groups excluding carboxylic acids is 2. The van der Waals surface area contributed by atoms with Crippen molar-refractivity contribution in [3.05, 3.63) is 64.7 Å². The third kappa shape index (κ3) is 5.55. The molecule has 1 heterocycles. The maximum atomic E-state index is 13.2. The highest BCUT2D eigenvalue weighted by Gasteiger charge is 2.33. The normalized spacial score (nSPS) is 15.3. The van der Waals surface area contributed by atoms with Crippen molar-refractivity contribution in [1.29, 1.82) is 0 Å². The summed E-state index contributed by atoms with van der Waals surface area (Å²) in [5.41, 5.74) is 3.11. The summed E-state index contributed by atoms with van der Waals surface area (Å²) in [4.78, 5) is 24.9. The highest BCUT2D eigenvalue weighted by atomic mass is 32.2. The predicted octanol–water partition coefficient (Wildman–Crippen LogP) is 2.56. The number of amides is 2. The highest BCUT2D eigenvalue weighted by Crippen LogP contribution is 2.28. The van der Waals surface area contributed by atoms with Crippen molar-refractivity contribution in [2.45, 2.75) is 38.5 Å². The van der Waals surface area contributed by atoms with E-state index in [9.17, 15) is 18.0 Å². The van der Waals surface area contributed by atoms with Gasteiger partial charge >= 0.3 is 0 Å². The molecule has 1 fully saturated rings. The first-order valence-electron chi connectivity index (χ1n) is 10.9. The molecule has 0 spiro atoms. The van der Waals surface area contributed by atoms with E-state index in [4.69, 9.17) is 0 Å². The number of nitrogens with one attached hydrogen (secondary N) is 2. The second-order valence-electron chi connectivity index (χ2n) is 8.32. The third-order valence-electron chi connectivity index (χ3n) is 5.77. The van der Waals surface area contributed by atoms with E-state index in [0.29, 0.717) is 49.5 Å². The fraction of sp³-hybridized carbons (Fsp3) is 0.417. The highest BCUT2D eigenvalue weighted by molar-refractivity contribution is 7.89. The molecule has 0 radical (unpaired) electrons. The van der Waals surface area contributed by atoms with Gasteiger partial charge in [-0.05, 0) is 56.9 Å².